The molecule has 0 spiro atoms. The van der Waals surface area contributed by atoms with Gasteiger partial charge in [-0.2, -0.15) is 14.1 Å². The first kappa shape index (κ1) is 47.3. The van der Waals surface area contributed by atoms with E-state index in [2.05, 4.69) is 71.3 Å². The Morgan fingerprint density at radius 2 is 0.962 bits per heavy atom. The summed E-state index contributed by atoms with van der Waals surface area (Å²) in [5.74, 6) is 1.31. The maximum Gasteiger partial charge on any atom is 2.00 e. The zero-order valence-corrected chi connectivity index (χ0v) is 34.8. The number of Topliss-reactive ketones (excluding diaryl/α,β-unsaturated/α-hetero) is 2. The summed E-state index contributed by atoms with van der Waals surface area (Å²) in [6.07, 6.45) is 5.17. The Morgan fingerprint density at radius 1 is 0.679 bits per heavy atom. The van der Waals surface area contributed by atoms with Crippen molar-refractivity contribution in [2.45, 2.75) is 117 Å². The van der Waals surface area contributed by atoms with Gasteiger partial charge in [0.25, 0.3) is 0 Å². The summed E-state index contributed by atoms with van der Waals surface area (Å²) < 4.78 is 11.9. The number of ketones is 2. The van der Waals surface area contributed by atoms with E-state index in [1.807, 2.05) is 24.3 Å². The van der Waals surface area contributed by atoms with E-state index >= 15 is 0 Å². The second-order valence-electron chi connectivity index (χ2n) is 14.4. The standard InChI is InChI=1S/C38H50N4O6.C2H6N.CH3.Pd/c1-21(2)27-15-25(47-19-33(43)31-9-11-35(45)41-31)16-28(22(3)4)37(27)39-13-14-40-38-29(23(5)6)17-26(18-30(38)24(7)8)48-20-34(44)32-10-12-36(46)42-32;1-3-2;;/h13-18,21-24,31-32H,9-12,19-20H2,1-8H3,(H,41,45)(H,42,46);1-2H3;1H3;/q;2*-1;+2. The molecule has 12 heteroatoms. The first-order valence-corrected chi connectivity index (χ1v) is 18.0. The molecule has 2 aliphatic rings. The molecular weight excluding hydrogens is 765 g/mol. The molecule has 2 amide bonds. The van der Waals surface area contributed by atoms with Gasteiger partial charge in [-0.3, -0.25) is 29.2 Å². The van der Waals surface area contributed by atoms with Gasteiger partial charge in [0.1, 0.15) is 24.7 Å². The van der Waals surface area contributed by atoms with Crippen LogP contribution in [-0.2, 0) is 39.6 Å². The molecule has 0 aromatic heterocycles. The van der Waals surface area contributed by atoms with Crippen LogP contribution < -0.4 is 20.1 Å². The number of rotatable bonds is 15. The number of amides is 2. The quantitative estimate of drug-likeness (QED) is 0.106. The van der Waals surface area contributed by atoms with Crippen LogP contribution in [0.15, 0.2) is 34.3 Å². The Morgan fingerprint density at radius 3 is 1.19 bits per heavy atom. The number of hydrogen-bond donors (Lipinski definition) is 2. The Bertz CT molecular complexity index is 1440. The van der Waals surface area contributed by atoms with Gasteiger partial charge in [0.15, 0.2) is 11.6 Å². The normalized spacial score (nSPS) is 16.8. The van der Waals surface area contributed by atoms with Gasteiger partial charge in [-0.05, 0) is 83.0 Å². The van der Waals surface area contributed by atoms with Gasteiger partial charge < -0.3 is 32.9 Å². The minimum Gasteiger partial charge on any atom is -0.668 e. The Balaban J connectivity index is 0.00000271. The van der Waals surface area contributed by atoms with Gasteiger partial charge in [0.2, 0.25) is 11.8 Å². The van der Waals surface area contributed by atoms with Gasteiger partial charge in [0.05, 0.1) is 23.5 Å². The van der Waals surface area contributed by atoms with Crippen LogP contribution in [-0.4, -0.2) is 75.2 Å². The Hall–Kier alpha value is -3.72. The molecular formula is C41H59N5O6Pd. The summed E-state index contributed by atoms with van der Waals surface area (Å²) in [5, 5.41) is 8.92. The van der Waals surface area contributed by atoms with Gasteiger partial charge in [-0.1, -0.05) is 55.4 Å². The number of aliphatic imine (C=N–C) groups is 2. The van der Waals surface area contributed by atoms with Gasteiger partial charge in [0, 0.05) is 25.3 Å². The van der Waals surface area contributed by atoms with Crippen LogP contribution in [0.3, 0.4) is 0 Å². The van der Waals surface area contributed by atoms with E-state index in [-0.39, 0.29) is 88.1 Å². The predicted molar refractivity (Wildman–Crippen MR) is 210 cm³/mol. The largest absolute Gasteiger partial charge is 2.00 e. The maximum atomic E-state index is 12.6. The van der Waals surface area contributed by atoms with Crippen molar-refractivity contribution in [1.82, 2.24) is 10.6 Å². The van der Waals surface area contributed by atoms with Crippen LogP contribution in [0.4, 0.5) is 11.4 Å². The number of nitrogens with one attached hydrogen (secondary N) is 2. The molecule has 0 bridgehead atoms. The summed E-state index contributed by atoms with van der Waals surface area (Å²) in [6, 6.07) is 6.80. The smallest absolute Gasteiger partial charge is 0.668 e. The molecule has 294 valence electrons. The summed E-state index contributed by atoms with van der Waals surface area (Å²) in [6.45, 7) is 16.6. The first-order valence-electron chi connectivity index (χ1n) is 18.0. The number of nitrogens with zero attached hydrogens (tertiary/aromatic N) is 3. The minimum atomic E-state index is -0.484. The Labute approximate surface area is 330 Å². The molecule has 2 aromatic carbocycles. The molecule has 0 aliphatic carbocycles. The second-order valence-corrected chi connectivity index (χ2v) is 14.4. The van der Waals surface area contributed by atoms with Crippen LogP contribution in [0, 0.1) is 7.43 Å². The van der Waals surface area contributed by atoms with Crippen molar-refractivity contribution < 1.29 is 49.1 Å². The van der Waals surface area contributed by atoms with Crippen LogP contribution in [0.1, 0.15) is 127 Å². The third kappa shape index (κ3) is 13.6. The van der Waals surface area contributed by atoms with Gasteiger partial charge in [-0.25, -0.2) is 0 Å². The van der Waals surface area contributed by atoms with Crippen molar-refractivity contribution in [3.05, 3.63) is 59.3 Å². The molecule has 2 atom stereocenters. The second kappa shape index (κ2) is 22.5. The molecule has 2 aromatic rings. The Kier molecular flexibility index (Phi) is 20.1. The third-order valence-electron chi connectivity index (χ3n) is 8.78. The fourth-order valence-corrected chi connectivity index (χ4v) is 5.97. The van der Waals surface area contributed by atoms with Gasteiger partial charge in [-0.15, -0.1) is 0 Å². The number of carbonyl (C=O) groups is 4. The van der Waals surface area contributed by atoms with Crippen molar-refractivity contribution in [1.29, 1.82) is 0 Å². The minimum absolute atomic E-state index is 0. The summed E-state index contributed by atoms with van der Waals surface area (Å²) in [5.41, 5.74) is 5.71. The molecule has 2 saturated heterocycles. The average molecular weight is 824 g/mol. The van der Waals surface area contributed by atoms with E-state index in [9.17, 15) is 19.2 Å². The summed E-state index contributed by atoms with van der Waals surface area (Å²) in [7, 11) is 3.50. The molecule has 53 heavy (non-hydrogen) atoms. The topological polar surface area (TPSA) is 150 Å². The van der Waals surface area contributed by atoms with E-state index in [4.69, 9.17) is 19.5 Å². The molecule has 4 rings (SSSR count). The predicted octanol–water partition coefficient (Wildman–Crippen LogP) is 7.81. The van der Waals surface area contributed by atoms with Crippen molar-refractivity contribution in [2.75, 3.05) is 27.3 Å². The van der Waals surface area contributed by atoms with Gasteiger partial charge >= 0.3 is 20.4 Å². The first-order chi connectivity index (χ1) is 24.2. The van der Waals surface area contributed by atoms with Crippen LogP contribution >= 0.6 is 0 Å². The van der Waals surface area contributed by atoms with Crippen molar-refractivity contribution in [3.8, 4) is 11.5 Å². The zero-order valence-electron chi connectivity index (χ0n) is 33.3. The number of benzene rings is 2. The molecule has 2 fully saturated rings. The fraction of sp³-hybridized carbons (Fsp3) is 0.537. The molecule has 2 N–H and O–H groups in total. The number of carbonyl (C=O) groups excluding carboxylic acids is 4. The summed E-state index contributed by atoms with van der Waals surface area (Å²) >= 11 is 0. The van der Waals surface area contributed by atoms with Crippen LogP contribution in [0.25, 0.3) is 5.32 Å². The van der Waals surface area contributed by atoms with Crippen LogP contribution in [0.2, 0.25) is 0 Å². The average Bonchev–Trinajstić information content (AvgIpc) is 3.72. The molecule has 2 unspecified atom stereocenters. The van der Waals surface area contributed by atoms with E-state index in [1.54, 1.807) is 26.5 Å². The molecule has 11 nitrogen and oxygen atoms in total. The van der Waals surface area contributed by atoms with E-state index in [0.29, 0.717) is 37.2 Å². The SMILES string of the molecule is CC(C)c1cc(OCC(=O)C2CCC(=O)N2)cc(C(C)C)c1N=CC=Nc1c(C(C)C)cc(OCC(=O)C2CCC(=O)N2)cc1C(C)C.C[N-]C.[CH3-].[Pd+2]. The molecule has 0 radical (unpaired) electrons. The van der Waals surface area contributed by atoms with E-state index < -0.39 is 12.1 Å². The third-order valence-corrected chi connectivity index (χ3v) is 8.78. The fourth-order valence-electron chi connectivity index (χ4n) is 5.97. The number of hydrogen-bond acceptors (Lipinski definition) is 8. The maximum absolute atomic E-state index is 12.6. The molecule has 0 saturated carbocycles. The van der Waals surface area contributed by atoms with E-state index in [0.717, 1.165) is 33.6 Å². The number of ether oxygens (including phenoxy) is 2. The van der Waals surface area contributed by atoms with E-state index in [1.165, 1.54) is 0 Å². The van der Waals surface area contributed by atoms with Crippen LogP contribution in [0.5, 0.6) is 11.5 Å². The molecule has 2 aliphatic heterocycles. The molecule has 2 heterocycles. The van der Waals surface area contributed by atoms with Crippen molar-refractivity contribution >= 4 is 47.2 Å². The van der Waals surface area contributed by atoms with Crippen molar-refractivity contribution in [2.24, 2.45) is 9.98 Å². The summed E-state index contributed by atoms with van der Waals surface area (Å²) in [4.78, 5) is 58.1. The monoisotopic (exact) mass is 823 g/mol. The van der Waals surface area contributed by atoms with Crippen molar-refractivity contribution in [3.63, 3.8) is 0 Å². The zero-order chi connectivity index (χ0) is 37.8.